The van der Waals surface area contributed by atoms with Crippen molar-refractivity contribution >= 4 is 29.2 Å². The zero-order valence-electron chi connectivity index (χ0n) is 9.30. The fourth-order valence-corrected chi connectivity index (χ4v) is 1.89. The highest BCUT2D eigenvalue weighted by molar-refractivity contribution is 6.35. The standard InChI is InChI=1S/C11H13Cl2NO3/c1-2-14-5-7-3-8(12)4-9(13)11(7)17-6-10(15)16/h3-4,14H,2,5-6H2,1H3,(H,15,16). The maximum Gasteiger partial charge on any atom is 0.341 e. The molecule has 0 saturated carbocycles. The molecule has 0 aliphatic rings. The van der Waals surface area contributed by atoms with Crippen molar-refractivity contribution in [1.29, 1.82) is 0 Å². The van der Waals surface area contributed by atoms with E-state index >= 15 is 0 Å². The van der Waals surface area contributed by atoms with Gasteiger partial charge >= 0.3 is 5.97 Å². The lowest BCUT2D eigenvalue weighted by Crippen LogP contribution is -2.15. The average Bonchev–Trinajstić information content (AvgIpc) is 2.24. The molecule has 0 aromatic heterocycles. The summed E-state index contributed by atoms with van der Waals surface area (Å²) < 4.78 is 5.15. The summed E-state index contributed by atoms with van der Waals surface area (Å²) >= 11 is 11.8. The Morgan fingerprint density at radius 3 is 2.76 bits per heavy atom. The smallest absolute Gasteiger partial charge is 0.341 e. The van der Waals surface area contributed by atoms with Crippen molar-refractivity contribution in [1.82, 2.24) is 5.32 Å². The van der Waals surface area contributed by atoms with Gasteiger partial charge < -0.3 is 15.2 Å². The molecule has 0 spiro atoms. The van der Waals surface area contributed by atoms with E-state index in [0.717, 1.165) is 12.1 Å². The first kappa shape index (κ1) is 14.1. The minimum atomic E-state index is -1.05. The number of nitrogens with one attached hydrogen (secondary N) is 1. The third kappa shape index (κ3) is 4.42. The molecule has 0 unspecified atom stereocenters. The summed E-state index contributed by atoms with van der Waals surface area (Å²) in [5, 5.41) is 12.5. The van der Waals surface area contributed by atoms with Crippen molar-refractivity contribution < 1.29 is 14.6 Å². The summed E-state index contributed by atoms with van der Waals surface area (Å²) in [6, 6.07) is 3.23. The average molecular weight is 278 g/mol. The van der Waals surface area contributed by atoms with E-state index in [2.05, 4.69) is 5.32 Å². The van der Waals surface area contributed by atoms with Gasteiger partial charge in [-0.15, -0.1) is 0 Å². The van der Waals surface area contributed by atoms with Gasteiger partial charge in [0.15, 0.2) is 6.61 Å². The van der Waals surface area contributed by atoms with Gasteiger partial charge in [-0.05, 0) is 18.7 Å². The number of ether oxygens (including phenoxy) is 1. The molecule has 94 valence electrons. The summed E-state index contributed by atoms with van der Waals surface area (Å²) in [6.45, 7) is 2.83. The number of carboxylic acid groups (broad SMARTS) is 1. The molecule has 0 amide bonds. The van der Waals surface area contributed by atoms with E-state index in [-0.39, 0.29) is 0 Å². The Kier molecular flexibility index (Phi) is 5.55. The Bertz CT molecular complexity index is 410. The number of carboxylic acids is 1. The second-order valence-electron chi connectivity index (χ2n) is 3.34. The molecule has 0 aliphatic heterocycles. The Balaban J connectivity index is 2.93. The van der Waals surface area contributed by atoms with Crippen molar-refractivity contribution in [3.8, 4) is 5.75 Å². The molecule has 0 aliphatic carbocycles. The number of halogens is 2. The third-order valence-electron chi connectivity index (χ3n) is 1.99. The molecule has 6 heteroatoms. The summed E-state index contributed by atoms with van der Waals surface area (Å²) in [6.07, 6.45) is 0. The first-order valence-electron chi connectivity index (χ1n) is 5.07. The lowest BCUT2D eigenvalue weighted by Gasteiger charge is -2.12. The highest BCUT2D eigenvalue weighted by Gasteiger charge is 2.11. The summed E-state index contributed by atoms with van der Waals surface area (Å²) in [5.41, 5.74) is 0.741. The normalized spacial score (nSPS) is 10.3. The van der Waals surface area contributed by atoms with Crippen molar-refractivity contribution in [2.75, 3.05) is 13.2 Å². The number of hydrogen-bond acceptors (Lipinski definition) is 3. The second kappa shape index (κ2) is 6.69. The molecular formula is C11H13Cl2NO3. The van der Waals surface area contributed by atoms with Crippen LogP contribution in [-0.2, 0) is 11.3 Å². The number of carbonyl (C=O) groups is 1. The molecule has 0 radical (unpaired) electrons. The van der Waals surface area contributed by atoms with Crippen LogP contribution in [0.1, 0.15) is 12.5 Å². The van der Waals surface area contributed by atoms with Crippen molar-refractivity contribution in [2.45, 2.75) is 13.5 Å². The van der Waals surface area contributed by atoms with Crippen LogP contribution in [0.5, 0.6) is 5.75 Å². The van der Waals surface area contributed by atoms with E-state index < -0.39 is 12.6 Å². The Morgan fingerprint density at radius 2 is 2.18 bits per heavy atom. The Labute approximate surface area is 109 Å². The fourth-order valence-electron chi connectivity index (χ4n) is 1.30. The van der Waals surface area contributed by atoms with E-state index in [4.69, 9.17) is 33.0 Å². The van der Waals surface area contributed by atoms with Gasteiger partial charge in [-0.2, -0.15) is 0 Å². The molecule has 2 N–H and O–H groups in total. The van der Waals surface area contributed by atoms with Crippen LogP contribution in [-0.4, -0.2) is 24.2 Å². The lowest BCUT2D eigenvalue weighted by atomic mass is 10.2. The van der Waals surface area contributed by atoms with Gasteiger partial charge in [0.1, 0.15) is 5.75 Å². The van der Waals surface area contributed by atoms with Gasteiger partial charge in [0.2, 0.25) is 0 Å². The molecular weight excluding hydrogens is 265 g/mol. The molecule has 0 bridgehead atoms. The largest absolute Gasteiger partial charge is 0.480 e. The highest BCUT2D eigenvalue weighted by atomic mass is 35.5. The molecule has 1 aromatic carbocycles. The van der Waals surface area contributed by atoms with Gasteiger partial charge in [-0.25, -0.2) is 4.79 Å². The molecule has 4 nitrogen and oxygen atoms in total. The van der Waals surface area contributed by atoms with Gasteiger partial charge in [-0.3, -0.25) is 0 Å². The Hall–Kier alpha value is -0.970. The maximum atomic E-state index is 10.5. The van der Waals surface area contributed by atoms with E-state index in [0.29, 0.717) is 22.3 Å². The molecule has 17 heavy (non-hydrogen) atoms. The number of rotatable bonds is 6. The predicted octanol–water partition coefficient (Wildman–Crippen LogP) is 2.57. The fraction of sp³-hybridized carbons (Fsp3) is 0.364. The second-order valence-corrected chi connectivity index (χ2v) is 4.18. The van der Waals surface area contributed by atoms with Gasteiger partial charge in [0, 0.05) is 17.1 Å². The van der Waals surface area contributed by atoms with Gasteiger partial charge in [0.05, 0.1) is 5.02 Å². The maximum absolute atomic E-state index is 10.5. The summed E-state index contributed by atoms with van der Waals surface area (Å²) in [4.78, 5) is 10.5. The minimum Gasteiger partial charge on any atom is -0.480 e. The predicted molar refractivity (Wildman–Crippen MR) is 67.0 cm³/mol. The first-order valence-corrected chi connectivity index (χ1v) is 5.83. The van der Waals surface area contributed by atoms with E-state index in [1.165, 1.54) is 6.07 Å². The number of hydrogen-bond donors (Lipinski definition) is 2. The lowest BCUT2D eigenvalue weighted by molar-refractivity contribution is -0.139. The van der Waals surface area contributed by atoms with Crippen LogP contribution in [0.15, 0.2) is 12.1 Å². The highest BCUT2D eigenvalue weighted by Crippen LogP contribution is 2.32. The number of benzene rings is 1. The zero-order chi connectivity index (χ0) is 12.8. The molecule has 0 saturated heterocycles. The quantitative estimate of drug-likeness (QED) is 0.839. The van der Waals surface area contributed by atoms with Crippen LogP contribution in [0.2, 0.25) is 10.0 Å². The molecule has 1 rings (SSSR count). The first-order chi connectivity index (χ1) is 8.04. The Morgan fingerprint density at radius 1 is 1.47 bits per heavy atom. The zero-order valence-corrected chi connectivity index (χ0v) is 10.8. The molecule has 0 atom stereocenters. The van der Waals surface area contributed by atoms with Crippen molar-refractivity contribution in [3.63, 3.8) is 0 Å². The molecule has 1 aromatic rings. The SMILES string of the molecule is CCNCc1cc(Cl)cc(Cl)c1OCC(=O)O. The van der Waals surface area contributed by atoms with Crippen LogP contribution >= 0.6 is 23.2 Å². The van der Waals surface area contributed by atoms with Crippen molar-refractivity contribution in [3.05, 3.63) is 27.7 Å². The van der Waals surface area contributed by atoms with Crippen LogP contribution in [0.3, 0.4) is 0 Å². The van der Waals surface area contributed by atoms with Crippen LogP contribution in [0.25, 0.3) is 0 Å². The van der Waals surface area contributed by atoms with Crippen LogP contribution < -0.4 is 10.1 Å². The van der Waals surface area contributed by atoms with Crippen molar-refractivity contribution in [2.24, 2.45) is 0 Å². The van der Waals surface area contributed by atoms with Crippen LogP contribution in [0.4, 0.5) is 0 Å². The van der Waals surface area contributed by atoms with E-state index in [1.807, 2.05) is 6.92 Å². The summed E-state index contributed by atoms with van der Waals surface area (Å²) in [5.74, 6) is -0.690. The monoisotopic (exact) mass is 277 g/mol. The van der Waals surface area contributed by atoms with Gasteiger partial charge in [-0.1, -0.05) is 30.1 Å². The van der Waals surface area contributed by atoms with E-state index in [9.17, 15) is 4.79 Å². The summed E-state index contributed by atoms with van der Waals surface area (Å²) in [7, 11) is 0. The minimum absolute atomic E-state index is 0.312. The third-order valence-corrected chi connectivity index (χ3v) is 2.49. The van der Waals surface area contributed by atoms with E-state index in [1.54, 1.807) is 6.07 Å². The van der Waals surface area contributed by atoms with Gasteiger partial charge in [0.25, 0.3) is 0 Å². The molecule has 0 heterocycles. The molecule has 0 fully saturated rings. The topological polar surface area (TPSA) is 58.6 Å². The number of aliphatic carboxylic acids is 1. The van der Waals surface area contributed by atoms with Crippen LogP contribution in [0, 0.1) is 0 Å².